The van der Waals surface area contributed by atoms with Crippen molar-refractivity contribution in [3.63, 3.8) is 0 Å². The van der Waals surface area contributed by atoms with Gasteiger partial charge in [-0.3, -0.25) is 0 Å². The fourth-order valence-electron chi connectivity index (χ4n) is 6.93. The van der Waals surface area contributed by atoms with Crippen LogP contribution >= 0.6 is 0 Å². The van der Waals surface area contributed by atoms with E-state index >= 15 is 0 Å². The maximum atomic E-state index is 2.40. The predicted molar refractivity (Wildman–Crippen MR) is 212 cm³/mol. The predicted octanol–water partition coefficient (Wildman–Crippen LogP) is 9.73. The molecule has 0 fully saturated rings. The van der Waals surface area contributed by atoms with E-state index in [1.165, 1.54) is 61.9 Å². The van der Waals surface area contributed by atoms with Crippen molar-refractivity contribution in [2.45, 2.75) is 0 Å². The zero-order valence-electron chi connectivity index (χ0n) is 27.2. The number of benzene rings is 8. The molecule has 0 spiro atoms. The van der Waals surface area contributed by atoms with Gasteiger partial charge in [-0.05, 0) is 0 Å². The Morgan fingerprint density at radius 3 is 0.510 bits per heavy atom. The van der Waals surface area contributed by atoms with Crippen molar-refractivity contribution in [1.29, 1.82) is 0 Å². The van der Waals surface area contributed by atoms with Crippen molar-refractivity contribution in [2.75, 3.05) is 0 Å². The van der Waals surface area contributed by atoms with E-state index in [0.717, 1.165) is 0 Å². The molecule has 8 rings (SSSR count). The van der Waals surface area contributed by atoms with Gasteiger partial charge in [-0.2, -0.15) is 0 Å². The van der Waals surface area contributed by atoms with Gasteiger partial charge in [0.1, 0.15) is 0 Å². The second-order valence-electron chi connectivity index (χ2n) is 12.3. The van der Waals surface area contributed by atoms with Crippen LogP contribution in [-0.2, 0) is 0 Å². The number of rotatable bonds is 8. The Balaban J connectivity index is 1.35. The Morgan fingerprint density at radius 1 is 0.163 bits per heavy atom. The van der Waals surface area contributed by atoms with Crippen LogP contribution in [0.4, 0.5) is 0 Å². The molecule has 0 radical (unpaired) electrons. The van der Waals surface area contributed by atoms with E-state index in [2.05, 4.69) is 218 Å². The van der Waals surface area contributed by atoms with Gasteiger partial charge in [0, 0.05) is 0 Å². The normalized spacial score (nSPS) is 11.3. The summed E-state index contributed by atoms with van der Waals surface area (Å²) in [6.45, 7) is 0. The molecular formula is C48H36As+. The first-order chi connectivity index (χ1) is 24.3. The van der Waals surface area contributed by atoms with E-state index in [-0.39, 0.29) is 0 Å². The van der Waals surface area contributed by atoms with Gasteiger partial charge in [-0.25, -0.2) is 0 Å². The fraction of sp³-hybridized carbons (Fsp3) is 0. The molecule has 8 aromatic carbocycles. The quantitative estimate of drug-likeness (QED) is 0.140. The van der Waals surface area contributed by atoms with Crippen LogP contribution in [-0.4, -0.2) is 13.6 Å². The third-order valence-corrected chi connectivity index (χ3v) is 18.4. The molecule has 232 valence electrons. The molecule has 0 aromatic heterocycles. The average molecular weight is 688 g/mol. The molecule has 0 N–H and O–H groups in total. The number of hydrogen-bond donors (Lipinski definition) is 0. The molecule has 49 heavy (non-hydrogen) atoms. The first-order valence-electron chi connectivity index (χ1n) is 16.8. The van der Waals surface area contributed by atoms with Crippen molar-refractivity contribution >= 4 is 31.0 Å². The zero-order chi connectivity index (χ0) is 32.9. The molecule has 0 aliphatic rings. The Bertz CT molecular complexity index is 1900. The Morgan fingerprint density at radius 2 is 0.327 bits per heavy atom. The van der Waals surface area contributed by atoms with Gasteiger partial charge >= 0.3 is 294 Å². The number of hydrogen-bond acceptors (Lipinski definition) is 0. The van der Waals surface area contributed by atoms with E-state index in [4.69, 9.17) is 0 Å². The van der Waals surface area contributed by atoms with Crippen molar-refractivity contribution in [1.82, 2.24) is 0 Å². The second kappa shape index (κ2) is 13.8. The van der Waals surface area contributed by atoms with Crippen LogP contribution < -0.4 is 17.4 Å². The molecule has 0 nitrogen and oxygen atoms in total. The molecule has 8 aromatic rings. The van der Waals surface area contributed by atoms with E-state index in [0.29, 0.717) is 0 Å². The van der Waals surface area contributed by atoms with Crippen molar-refractivity contribution in [3.8, 4) is 44.5 Å². The van der Waals surface area contributed by atoms with Crippen molar-refractivity contribution in [2.24, 2.45) is 0 Å². The van der Waals surface area contributed by atoms with E-state index in [1.54, 1.807) is 0 Å². The molecule has 0 saturated heterocycles. The third-order valence-electron chi connectivity index (χ3n) is 9.45. The fourth-order valence-corrected chi connectivity index (χ4v) is 15.7. The van der Waals surface area contributed by atoms with Gasteiger partial charge in [0.25, 0.3) is 0 Å². The summed E-state index contributed by atoms with van der Waals surface area (Å²) >= 11 is -3.32. The summed E-state index contributed by atoms with van der Waals surface area (Å²) < 4.78 is 5.57. The molecule has 0 aliphatic heterocycles. The molecular weight excluding hydrogens is 651 g/mol. The van der Waals surface area contributed by atoms with Gasteiger partial charge < -0.3 is 0 Å². The minimum atomic E-state index is -3.32. The van der Waals surface area contributed by atoms with Gasteiger partial charge in [0.15, 0.2) is 0 Å². The van der Waals surface area contributed by atoms with Crippen LogP contribution in [0.5, 0.6) is 0 Å². The van der Waals surface area contributed by atoms with Crippen LogP contribution in [0.25, 0.3) is 44.5 Å². The summed E-state index contributed by atoms with van der Waals surface area (Å²) in [7, 11) is 0. The standard InChI is InChI=1S/C48H36As/c1-5-13-37(14-6-1)41-21-29-45(30-22-41)49(46-31-23-42(24-32-46)38-15-7-2-8-16-38,47-33-25-43(26-34-47)39-17-9-3-10-18-39)48-35-27-44(28-36-48)40-19-11-4-12-20-40/h1-36H/q+1. The van der Waals surface area contributed by atoms with Gasteiger partial charge in [-0.1, -0.05) is 0 Å². The Labute approximate surface area is 292 Å². The molecule has 0 amide bonds. The molecule has 0 bridgehead atoms. The van der Waals surface area contributed by atoms with E-state index in [1.807, 2.05) is 0 Å². The SMILES string of the molecule is c1ccc(-c2ccc([As+](c3ccc(-c4ccccc4)cc3)(c3ccc(-c4ccccc4)cc3)c3ccc(-c4ccccc4)cc3)cc2)cc1. The maximum absolute atomic E-state index is 3.32. The van der Waals surface area contributed by atoms with Crippen molar-refractivity contribution in [3.05, 3.63) is 218 Å². The first-order valence-corrected chi connectivity index (χ1v) is 20.6. The van der Waals surface area contributed by atoms with Crippen LogP contribution in [0, 0.1) is 0 Å². The molecule has 0 saturated carbocycles. The summed E-state index contributed by atoms with van der Waals surface area (Å²) in [6.07, 6.45) is 0. The van der Waals surface area contributed by atoms with Gasteiger partial charge in [0.05, 0.1) is 0 Å². The Hall–Kier alpha value is -5.68. The second-order valence-corrected chi connectivity index (χ2v) is 19.5. The Kier molecular flexibility index (Phi) is 8.64. The summed E-state index contributed by atoms with van der Waals surface area (Å²) in [4.78, 5) is 0. The van der Waals surface area contributed by atoms with Crippen LogP contribution in [0.2, 0.25) is 0 Å². The van der Waals surface area contributed by atoms with E-state index < -0.39 is 13.6 Å². The summed E-state index contributed by atoms with van der Waals surface area (Å²) in [5.41, 5.74) is 9.86. The molecule has 1 heteroatoms. The van der Waals surface area contributed by atoms with Gasteiger partial charge in [0.2, 0.25) is 0 Å². The van der Waals surface area contributed by atoms with Crippen LogP contribution in [0.1, 0.15) is 0 Å². The summed E-state index contributed by atoms with van der Waals surface area (Å²) in [5.74, 6) is 0. The van der Waals surface area contributed by atoms with Crippen LogP contribution in [0.15, 0.2) is 218 Å². The summed E-state index contributed by atoms with van der Waals surface area (Å²) in [5, 5.41) is 0. The van der Waals surface area contributed by atoms with Crippen molar-refractivity contribution < 1.29 is 0 Å². The van der Waals surface area contributed by atoms with Crippen LogP contribution in [0.3, 0.4) is 0 Å². The zero-order valence-corrected chi connectivity index (χ0v) is 29.1. The minimum absolute atomic E-state index is 1.23. The topological polar surface area (TPSA) is 0 Å². The van der Waals surface area contributed by atoms with Gasteiger partial charge in [-0.15, -0.1) is 0 Å². The monoisotopic (exact) mass is 687 g/mol. The first kappa shape index (κ1) is 30.6. The molecule has 0 unspecified atom stereocenters. The van der Waals surface area contributed by atoms with E-state index in [9.17, 15) is 0 Å². The molecule has 0 heterocycles. The summed E-state index contributed by atoms with van der Waals surface area (Å²) in [6, 6.07) is 80.4. The average Bonchev–Trinajstić information content (AvgIpc) is 3.20. The third kappa shape index (κ3) is 6.09. The molecule has 0 aliphatic carbocycles. The molecule has 0 atom stereocenters.